The van der Waals surface area contributed by atoms with Crippen LogP contribution in [0.2, 0.25) is 0 Å². The second-order valence-corrected chi connectivity index (χ2v) is 6.22. The first kappa shape index (κ1) is 20.1. The van der Waals surface area contributed by atoms with Gasteiger partial charge in [0.15, 0.2) is 0 Å². The molecule has 1 aromatic heterocycles. The van der Waals surface area contributed by atoms with E-state index >= 15 is 0 Å². The summed E-state index contributed by atoms with van der Waals surface area (Å²) in [5, 5.41) is 8.86. The first-order chi connectivity index (χ1) is 13.3. The molecule has 3 rings (SSSR count). The molecule has 28 heavy (non-hydrogen) atoms. The molecule has 0 atom stereocenters. The highest BCUT2D eigenvalue weighted by Gasteiger charge is 2.34. The van der Waals surface area contributed by atoms with Gasteiger partial charge in [0.05, 0.1) is 37.2 Å². The SMILES string of the molecule is O=C(Nc1ccc(F)c(C(F)(F)F)c1)Nc1cnn(CCN2CCOCC2)c1. The number of nitrogens with zero attached hydrogens (tertiary/aromatic N) is 3. The van der Waals surface area contributed by atoms with E-state index < -0.39 is 23.6 Å². The molecule has 1 aliphatic heterocycles. The number of carbonyl (C=O) groups is 1. The van der Waals surface area contributed by atoms with Crippen molar-refractivity contribution in [2.45, 2.75) is 12.7 Å². The molecule has 0 saturated carbocycles. The van der Waals surface area contributed by atoms with Gasteiger partial charge in [0.2, 0.25) is 0 Å². The van der Waals surface area contributed by atoms with Crippen LogP contribution in [-0.2, 0) is 17.5 Å². The molecule has 0 unspecified atom stereocenters. The number of urea groups is 1. The number of halogens is 4. The second-order valence-electron chi connectivity index (χ2n) is 6.22. The van der Waals surface area contributed by atoms with Crippen molar-refractivity contribution in [2.24, 2.45) is 0 Å². The van der Waals surface area contributed by atoms with Crippen molar-refractivity contribution >= 4 is 17.4 Å². The molecule has 2 N–H and O–H groups in total. The Balaban J connectivity index is 1.53. The Hall–Kier alpha value is -2.66. The molecule has 0 radical (unpaired) electrons. The fourth-order valence-electron chi connectivity index (χ4n) is 2.73. The number of nitrogens with one attached hydrogen (secondary N) is 2. The molecular weight excluding hydrogens is 382 g/mol. The van der Waals surface area contributed by atoms with Gasteiger partial charge in [-0.1, -0.05) is 0 Å². The maximum absolute atomic E-state index is 13.3. The lowest BCUT2D eigenvalue weighted by Crippen LogP contribution is -2.38. The molecule has 0 aliphatic carbocycles. The van der Waals surface area contributed by atoms with Crippen LogP contribution in [-0.4, -0.2) is 53.6 Å². The summed E-state index contributed by atoms with van der Waals surface area (Å²) in [6.45, 7) is 4.51. The highest BCUT2D eigenvalue weighted by atomic mass is 19.4. The fourth-order valence-corrected chi connectivity index (χ4v) is 2.73. The number of hydrogen-bond acceptors (Lipinski definition) is 4. The van der Waals surface area contributed by atoms with Crippen LogP contribution in [0.5, 0.6) is 0 Å². The molecule has 1 fully saturated rings. The van der Waals surface area contributed by atoms with Crippen LogP contribution in [0.15, 0.2) is 30.6 Å². The Morgan fingerprint density at radius 2 is 1.86 bits per heavy atom. The van der Waals surface area contributed by atoms with Crippen LogP contribution < -0.4 is 10.6 Å². The van der Waals surface area contributed by atoms with Gasteiger partial charge in [-0.15, -0.1) is 0 Å². The van der Waals surface area contributed by atoms with E-state index in [0.717, 1.165) is 25.7 Å². The quantitative estimate of drug-likeness (QED) is 0.756. The van der Waals surface area contributed by atoms with Crippen molar-refractivity contribution in [1.82, 2.24) is 14.7 Å². The van der Waals surface area contributed by atoms with E-state index in [0.29, 0.717) is 37.6 Å². The smallest absolute Gasteiger partial charge is 0.379 e. The van der Waals surface area contributed by atoms with Crippen LogP contribution in [0.3, 0.4) is 0 Å². The molecule has 7 nitrogen and oxygen atoms in total. The lowest BCUT2D eigenvalue weighted by Gasteiger charge is -2.26. The van der Waals surface area contributed by atoms with Crippen LogP contribution >= 0.6 is 0 Å². The zero-order valence-corrected chi connectivity index (χ0v) is 14.8. The summed E-state index contributed by atoms with van der Waals surface area (Å²) < 4.78 is 58.4. The molecule has 2 heterocycles. The average Bonchev–Trinajstić information content (AvgIpc) is 3.09. The van der Waals surface area contributed by atoms with Gasteiger partial charge in [-0.3, -0.25) is 9.58 Å². The molecule has 1 aliphatic rings. The number of anilines is 2. The monoisotopic (exact) mass is 401 g/mol. The first-order valence-electron chi connectivity index (χ1n) is 8.58. The molecule has 1 saturated heterocycles. The lowest BCUT2D eigenvalue weighted by molar-refractivity contribution is -0.139. The minimum Gasteiger partial charge on any atom is -0.379 e. The van der Waals surface area contributed by atoms with Crippen LogP contribution in [0, 0.1) is 5.82 Å². The normalized spacial score (nSPS) is 15.4. The van der Waals surface area contributed by atoms with Gasteiger partial charge in [0.25, 0.3) is 0 Å². The molecular formula is C17H19F4N5O2. The third kappa shape index (κ3) is 5.42. The van der Waals surface area contributed by atoms with E-state index in [1.165, 1.54) is 6.20 Å². The highest BCUT2D eigenvalue weighted by molar-refractivity contribution is 5.99. The number of ether oxygens (including phenoxy) is 1. The minimum atomic E-state index is -4.85. The zero-order chi connectivity index (χ0) is 20.1. The molecule has 2 amide bonds. The van der Waals surface area contributed by atoms with Gasteiger partial charge in [0.1, 0.15) is 5.82 Å². The molecule has 0 spiro atoms. The Morgan fingerprint density at radius 3 is 2.57 bits per heavy atom. The topological polar surface area (TPSA) is 71.4 Å². The number of benzene rings is 1. The summed E-state index contributed by atoms with van der Waals surface area (Å²) in [6.07, 6.45) is -1.80. The lowest BCUT2D eigenvalue weighted by atomic mass is 10.2. The molecule has 2 aromatic rings. The zero-order valence-electron chi connectivity index (χ0n) is 14.8. The van der Waals surface area contributed by atoms with Crippen molar-refractivity contribution in [3.05, 3.63) is 42.0 Å². The van der Waals surface area contributed by atoms with E-state index in [1.54, 1.807) is 10.9 Å². The Kier molecular flexibility index (Phi) is 6.15. The van der Waals surface area contributed by atoms with E-state index in [2.05, 4.69) is 20.6 Å². The number of amides is 2. The van der Waals surface area contributed by atoms with Crippen molar-refractivity contribution in [3.8, 4) is 0 Å². The number of morpholine rings is 1. The summed E-state index contributed by atoms with van der Waals surface area (Å²) in [6, 6.07) is 1.49. The standard InChI is InChI=1S/C17H19F4N5O2/c18-15-2-1-12(9-14(15)17(19,20)21)23-16(27)24-13-10-22-26(11-13)4-3-25-5-7-28-8-6-25/h1-2,9-11H,3-8H2,(H2,23,24,27). The Morgan fingerprint density at radius 1 is 1.14 bits per heavy atom. The van der Waals surface area contributed by atoms with Gasteiger partial charge < -0.3 is 15.4 Å². The first-order valence-corrected chi connectivity index (χ1v) is 8.58. The fraction of sp³-hybridized carbons (Fsp3) is 0.412. The number of hydrogen-bond donors (Lipinski definition) is 2. The number of aromatic nitrogens is 2. The molecule has 11 heteroatoms. The molecule has 0 bridgehead atoms. The van der Waals surface area contributed by atoms with Gasteiger partial charge in [-0.05, 0) is 18.2 Å². The Labute approximate surface area is 158 Å². The van der Waals surface area contributed by atoms with E-state index in [4.69, 9.17) is 4.74 Å². The van der Waals surface area contributed by atoms with E-state index in [1.807, 2.05) is 0 Å². The number of alkyl halides is 3. The van der Waals surface area contributed by atoms with Crippen molar-refractivity contribution in [2.75, 3.05) is 43.5 Å². The minimum absolute atomic E-state index is 0.175. The third-order valence-electron chi connectivity index (χ3n) is 4.17. The maximum Gasteiger partial charge on any atom is 0.419 e. The van der Waals surface area contributed by atoms with Gasteiger partial charge >= 0.3 is 12.2 Å². The summed E-state index contributed by atoms with van der Waals surface area (Å²) in [5.41, 5.74) is -1.23. The van der Waals surface area contributed by atoms with E-state index in [9.17, 15) is 22.4 Å². The second kappa shape index (κ2) is 8.57. The van der Waals surface area contributed by atoms with Crippen molar-refractivity contribution in [1.29, 1.82) is 0 Å². The largest absolute Gasteiger partial charge is 0.419 e. The maximum atomic E-state index is 13.3. The van der Waals surface area contributed by atoms with Gasteiger partial charge in [-0.2, -0.15) is 18.3 Å². The van der Waals surface area contributed by atoms with Gasteiger partial charge in [-0.25, -0.2) is 9.18 Å². The summed E-state index contributed by atoms with van der Waals surface area (Å²) in [7, 11) is 0. The van der Waals surface area contributed by atoms with Crippen molar-refractivity contribution < 1.29 is 27.1 Å². The van der Waals surface area contributed by atoms with Crippen LogP contribution in [0.4, 0.5) is 33.7 Å². The number of carbonyl (C=O) groups excluding carboxylic acids is 1. The summed E-state index contributed by atoms with van der Waals surface area (Å²) in [5.74, 6) is -1.40. The highest BCUT2D eigenvalue weighted by Crippen LogP contribution is 2.33. The molecule has 1 aromatic carbocycles. The van der Waals surface area contributed by atoms with Gasteiger partial charge in [0, 0.05) is 31.5 Å². The van der Waals surface area contributed by atoms with Crippen LogP contribution in [0.25, 0.3) is 0 Å². The Bertz CT molecular complexity index is 818. The van der Waals surface area contributed by atoms with E-state index in [-0.39, 0.29) is 5.69 Å². The third-order valence-corrected chi connectivity index (χ3v) is 4.17. The number of rotatable bonds is 5. The predicted octanol–water partition coefficient (Wildman–Crippen LogP) is 3.02. The molecule has 152 valence electrons. The van der Waals surface area contributed by atoms with Crippen LogP contribution in [0.1, 0.15) is 5.56 Å². The average molecular weight is 401 g/mol. The summed E-state index contributed by atoms with van der Waals surface area (Å²) in [4.78, 5) is 14.2. The predicted molar refractivity (Wildman–Crippen MR) is 93.5 cm³/mol. The van der Waals surface area contributed by atoms with Crippen molar-refractivity contribution in [3.63, 3.8) is 0 Å². The summed E-state index contributed by atoms with van der Waals surface area (Å²) >= 11 is 0.